The van der Waals surface area contributed by atoms with Crippen LogP contribution in [0.3, 0.4) is 0 Å². The Balaban J connectivity index is 1.59. The molecule has 0 amide bonds. The summed E-state index contributed by atoms with van der Waals surface area (Å²) in [4.78, 5) is 4.71. The van der Waals surface area contributed by atoms with E-state index < -0.39 is 6.10 Å². The van der Waals surface area contributed by atoms with Crippen molar-refractivity contribution in [1.82, 2.24) is 9.55 Å². The largest absolute Gasteiger partial charge is 0.389 e. The van der Waals surface area contributed by atoms with Crippen LogP contribution < -0.4 is 0 Å². The Bertz CT molecular complexity index is 677. The Morgan fingerprint density at radius 2 is 2.21 bits per heavy atom. The van der Waals surface area contributed by atoms with E-state index in [-0.39, 0.29) is 0 Å². The molecule has 1 heterocycles. The Hall–Kier alpha value is -1.65. The molecule has 130 valence electrons. The number of ether oxygens (including phenoxy) is 1. The van der Waals surface area contributed by atoms with Crippen LogP contribution in [0.2, 0.25) is 0 Å². The van der Waals surface area contributed by atoms with Crippen LogP contribution in [0, 0.1) is 5.92 Å². The Kier molecular flexibility index (Phi) is 6.05. The normalized spacial score (nSPS) is 19.0. The van der Waals surface area contributed by atoms with Crippen molar-refractivity contribution in [2.75, 3.05) is 13.2 Å². The van der Waals surface area contributed by atoms with Gasteiger partial charge in [0.2, 0.25) is 0 Å². The van der Waals surface area contributed by atoms with Gasteiger partial charge in [0.05, 0.1) is 30.3 Å². The van der Waals surface area contributed by atoms with Gasteiger partial charge >= 0.3 is 0 Å². The predicted molar refractivity (Wildman–Crippen MR) is 97.0 cm³/mol. The maximum Gasteiger partial charge on any atom is 0.109 e. The molecule has 1 aromatic heterocycles. The number of aromatic nitrogens is 2. The molecular weight excluding hydrogens is 300 g/mol. The molecule has 0 unspecified atom stereocenters. The van der Waals surface area contributed by atoms with Crippen LogP contribution in [0.1, 0.15) is 38.4 Å². The molecule has 3 rings (SSSR count). The van der Waals surface area contributed by atoms with Crippen molar-refractivity contribution in [3.63, 3.8) is 0 Å². The highest BCUT2D eigenvalue weighted by Crippen LogP contribution is 2.19. The third-order valence-corrected chi connectivity index (χ3v) is 4.64. The second-order valence-corrected chi connectivity index (χ2v) is 6.72. The number of benzene rings is 1. The quantitative estimate of drug-likeness (QED) is 0.751. The molecular formula is C20H28N2O2. The van der Waals surface area contributed by atoms with Gasteiger partial charge in [-0.15, -0.1) is 0 Å². The molecule has 0 radical (unpaired) electrons. The molecule has 4 heteroatoms. The summed E-state index contributed by atoms with van der Waals surface area (Å²) in [7, 11) is 0. The van der Waals surface area contributed by atoms with Crippen molar-refractivity contribution in [3.8, 4) is 0 Å². The second-order valence-electron chi connectivity index (χ2n) is 6.72. The second kappa shape index (κ2) is 8.45. The molecule has 0 saturated carbocycles. The van der Waals surface area contributed by atoms with E-state index in [1.54, 1.807) is 0 Å². The van der Waals surface area contributed by atoms with Crippen LogP contribution in [0.25, 0.3) is 11.0 Å². The molecule has 0 saturated heterocycles. The predicted octanol–water partition coefficient (Wildman–Crippen LogP) is 3.72. The van der Waals surface area contributed by atoms with Crippen molar-refractivity contribution in [2.45, 2.75) is 51.7 Å². The lowest BCUT2D eigenvalue weighted by Crippen LogP contribution is -2.24. The van der Waals surface area contributed by atoms with Gasteiger partial charge in [-0.05, 0) is 43.7 Å². The van der Waals surface area contributed by atoms with Crippen molar-refractivity contribution in [3.05, 3.63) is 42.2 Å². The fourth-order valence-corrected chi connectivity index (χ4v) is 3.39. The third kappa shape index (κ3) is 4.25. The van der Waals surface area contributed by atoms with Crippen LogP contribution >= 0.6 is 0 Å². The molecule has 4 nitrogen and oxygen atoms in total. The van der Waals surface area contributed by atoms with Gasteiger partial charge < -0.3 is 14.4 Å². The van der Waals surface area contributed by atoms with Crippen LogP contribution in [0.5, 0.6) is 0 Å². The van der Waals surface area contributed by atoms with Crippen molar-refractivity contribution >= 4 is 11.0 Å². The van der Waals surface area contributed by atoms with Gasteiger partial charge in [-0.3, -0.25) is 0 Å². The van der Waals surface area contributed by atoms with Crippen molar-refractivity contribution in [2.24, 2.45) is 5.92 Å². The number of hydrogen-bond donors (Lipinski definition) is 1. The minimum atomic E-state index is -0.502. The lowest BCUT2D eigenvalue weighted by Gasteiger charge is -2.19. The Morgan fingerprint density at radius 3 is 3.00 bits per heavy atom. The maximum atomic E-state index is 10.4. The zero-order valence-electron chi connectivity index (χ0n) is 14.5. The molecule has 0 spiro atoms. The molecule has 1 aromatic carbocycles. The molecule has 0 bridgehead atoms. The average Bonchev–Trinajstić information content (AvgIpc) is 2.94. The van der Waals surface area contributed by atoms with Gasteiger partial charge in [0.15, 0.2) is 0 Å². The number of rotatable bonds is 8. The maximum absolute atomic E-state index is 10.4. The van der Waals surface area contributed by atoms with E-state index in [4.69, 9.17) is 9.72 Å². The summed E-state index contributed by atoms with van der Waals surface area (Å²) in [6.45, 7) is 3.83. The molecule has 0 fully saturated rings. The summed E-state index contributed by atoms with van der Waals surface area (Å²) in [5.74, 6) is 1.65. The van der Waals surface area contributed by atoms with Gasteiger partial charge in [-0.25, -0.2) is 4.98 Å². The topological polar surface area (TPSA) is 47.3 Å². The summed E-state index contributed by atoms with van der Waals surface area (Å²) in [6, 6.07) is 8.14. The third-order valence-electron chi connectivity index (χ3n) is 4.64. The van der Waals surface area contributed by atoms with E-state index in [9.17, 15) is 5.11 Å². The van der Waals surface area contributed by atoms with Gasteiger partial charge in [-0.1, -0.05) is 31.2 Å². The first-order chi connectivity index (χ1) is 11.8. The van der Waals surface area contributed by atoms with Crippen LogP contribution in [0.4, 0.5) is 0 Å². The Labute approximate surface area is 144 Å². The van der Waals surface area contributed by atoms with E-state index in [1.165, 1.54) is 6.42 Å². The SMILES string of the molecule is CCCc1nc2ccccc2n1C[C@@H](O)COC[C@@H]1CC=CCC1. The van der Waals surface area contributed by atoms with Crippen LogP contribution in [-0.4, -0.2) is 34.0 Å². The van der Waals surface area contributed by atoms with Crippen LogP contribution in [0.15, 0.2) is 36.4 Å². The number of allylic oxidation sites excluding steroid dienone is 2. The number of aryl methyl sites for hydroxylation is 1. The smallest absolute Gasteiger partial charge is 0.109 e. The first-order valence-corrected chi connectivity index (χ1v) is 9.13. The highest BCUT2D eigenvalue weighted by atomic mass is 16.5. The van der Waals surface area contributed by atoms with E-state index in [0.717, 1.165) is 49.1 Å². The monoisotopic (exact) mass is 328 g/mol. The van der Waals surface area contributed by atoms with Crippen molar-refractivity contribution < 1.29 is 9.84 Å². The summed E-state index contributed by atoms with van der Waals surface area (Å²) in [5.41, 5.74) is 2.10. The number of para-hydroxylation sites is 2. The van der Waals surface area contributed by atoms with Gasteiger partial charge in [0, 0.05) is 13.0 Å². The molecule has 0 aliphatic heterocycles. The number of imidazole rings is 1. The number of aliphatic hydroxyl groups excluding tert-OH is 1. The summed E-state index contributed by atoms with van der Waals surface area (Å²) < 4.78 is 7.93. The molecule has 24 heavy (non-hydrogen) atoms. The number of fused-ring (bicyclic) bond motifs is 1. The first kappa shape index (κ1) is 17.2. The minimum absolute atomic E-state index is 0.387. The number of nitrogens with zero attached hydrogens (tertiary/aromatic N) is 2. The summed E-state index contributed by atoms with van der Waals surface area (Å²) in [6.07, 6.45) is 9.40. The van der Waals surface area contributed by atoms with E-state index >= 15 is 0 Å². The van der Waals surface area contributed by atoms with Gasteiger partial charge in [0.25, 0.3) is 0 Å². The Morgan fingerprint density at radius 1 is 1.33 bits per heavy atom. The molecule has 1 aliphatic carbocycles. The van der Waals surface area contributed by atoms with Gasteiger partial charge in [-0.2, -0.15) is 0 Å². The molecule has 1 N–H and O–H groups in total. The van der Waals surface area contributed by atoms with Crippen molar-refractivity contribution in [1.29, 1.82) is 0 Å². The zero-order chi connectivity index (χ0) is 16.8. The summed E-state index contributed by atoms with van der Waals surface area (Å²) >= 11 is 0. The highest BCUT2D eigenvalue weighted by Gasteiger charge is 2.15. The van der Waals surface area contributed by atoms with E-state index in [2.05, 4.69) is 29.7 Å². The van der Waals surface area contributed by atoms with E-state index in [0.29, 0.717) is 19.1 Å². The van der Waals surface area contributed by atoms with Crippen LogP contribution in [-0.2, 0) is 17.7 Å². The summed E-state index contributed by atoms with van der Waals surface area (Å²) in [5, 5.41) is 10.4. The lowest BCUT2D eigenvalue weighted by atomic mass is 9.95. The number of aliphatic hydroxyl groups is 1. The minimum Gasteiger partial charge on any atom is -0.389 e. The molecule has 1 aliphatic rings. The van der Waals surface area contributed by atoms with Gasteiger partial charge in [0.1, 0.15) is 5.82 Å². The van der Waals surface area contributed by atoms with E-state index in [1.807, 2.05) is 18.2 Å². The molecule has 2 aromatic rings. The molecule has 2 atom stereocenters. The average molecular weight is 328 g/mol. The number of hydrogen-bond acceptors (Lipinski definition) is 3. The zero-order valence-corrected chi connectivity index (χ0v) is 14.5. The lowest BCUT2D eigenvalue weighted by molar-refractivity contribution is 0.0128. The fraction of sp³-hybridized carbons (Fsp3) is 0.550. The fourth-order valence-electron chi connectivity index (χ4n) is 3.39. The first-order valence-electron chi connectivity index (χ1n) is 9.13. The highest BCUT2D eigenvalue weighted by molar-refractivity contribution is 5.75. The standard InChI is InChI=1S/C20H28N2O2/c1-2-8-20-21-18-11-6-7-12-19(18)22(20)13-17(23)15-24-14-16-9-4-3-5-10-16/h3-4,6-7,11-12,16-17,23H,2,5,8-10,13-15H2,1H3/t16-,17-/m1/s1.